The fourth-order valence-electron chi connectivity index (χ4n) is 0.598. The summed E-state index contributed by atoms with van der Waals surface area (Å²) in [5, 5.41) is 0.469. The van der Waals surface area contributed by atoms with Crippen LogP contribution in [0.15, 0.2) is 12.2 Å². The van der Waals surface area contributed by atoms with Crippen molar-refractivity contribution in [3.8, 4) is 0 Å². The minimum atomic E-state index is -0.531. The fraction of sp³-hybridized carbons (Fsp3) is 0.500. The third-order valence-corrected chi connectivity index (χ3v) is 1.48. The molecule has 1 amide bonds. The van der Waals surface area contributed by atoms with Gasteiger partial charge in [0.25, 0.3) is 5.91 Å². The highest BCUT2D eigenvalue weighted by molar-refractivity contribution is 5.88. The minimum Gasteiger partial charge on any atom is -0.299 e. The zero-order valence-corrected chi connectivity index (χ0v) is 7.86. The van der Waals surface area contributed by atoms with Crippen LogP contribution in [-0.4, -0.2) is 16.8 Å². The van der Waals surface area contributed by atoms with Gasteiger partial charge in [-0.3, -0.25) is 9.59 Å². The van der Waals surface area contributed by atoms with Crippen molar-refractivity contribution >= 4 is 11.7 Å². The number of hydrazine groups is 2. The van der Waals surface area contributed by atoms with Crippen molar-refractivity contribution in [3.63, 3.8) is 0 Å². The molecule has 13 heavy (non-hydrogen) atoms. The Kier molecular flexibility index (Phi) is 4.94. The molecule has 0 aliphatic heterocycles. The molecule has 0 unspecified atom stereocenters. The normalized spacial score (nSPS) is 10.8. The number of nitrogens with zero attached hydrogens (tertiary/aromatic N) is 1. The molecule has 5 nitrogen and oxygen atoms in total. The van der Waals surface area contributed by atoms with Gasteiger partial charge in [0.2, 0.25) is 0 Å². The molecule has 0 saturated heterocycles. The predicted molar refractivity (Wildman–Crippen MR) is 48.8 cm³/mol. The Bertz CT molecular complexity index is 221. The SMILES string of the molecule is CC(C)C(=O)C/C=C/C(=O)N(N)N. The minimum absolute atomic E-state index is 0.0217. The lowest BCUT2D eigenvalue weighted by atomic mass is 10.1. The highest BCUT2D eigenvalue weighted by Gasteiger charge is 2.04. The van der Waals surface area contributed by atoms with Crippen LogP contribution in [0, 0.1) is 5.92 Å². The molecular weight excluding hydrogens is 170 g/mol. The standard InChI is InChI=1S/C8H15N3O2/c1-6(2)7(12)4-3-5-8(13)11(9)10/h3,5-6H,4,9-10H2,1-2H3/b5-3+. The van der Waals surface area contributed by atoms with E-state index in [1.54, 1.807) is 13.8 Å². The van der Waals surface area contributed by atoms with E-state index in [0.29, 0.717) is 5.12 Å². The largest absolute Gasteiger partial charge is 0.299 e. The predicted octanol–water partition coefficient (Wildman–Crippen LogP) is -0.266. The lowest BCUT2D eigenvalue weighted by Gasteiger charge is -2.04. The van der Waals surface area contributed by atoms with E-state index in [0.717, 1.165) is 0 Å². The van der Waals surface area contributed by atoms with Crippen LogP contribution in [-0.2, 0) is 9.59 Å². The molecule has 5 heteroatoms. The van der Waals surface area contributed by atoms with E-state index in [1.165, 1.54) is 12.2 Å². The van der Waals surface area contributed by atoms with Gasteiger partial charge in [0.1, 0.15) is 5.78 Å². The summed E-state index contributed by atoms with van der Waals surface area (Å²) in [6.45, 7) is 3.60. The van der Waals surface area contributed by atoms with Gasteiger partial charge in [0.15, 0.2) is 0 Å². The highest BCUT2D eigenvalue weighted by atomic mass is 16.2. The molecule has 0 atom stereocenters. The Morgan fingerprint density at radius 1 is 1.38 bits per heavy atom. The average molecular weight is 185 g/mol. The first kappa shape index (κ1) is 11.8. The maximum absolute atomic E-state index is 11.1. The van der Waals surface area contributed by atoms with Crippen molar-refractivity contribution in [2.45, 2.75) is 20.3 Å². The fourth-order valence-corrected chi connectivity index (χ4v) is 0.598. The van der Waals surface area contributed by atoms with Crippen LogP contribution in [0.1, 0.15) is 20.3 Å². The van der Waals surface area contributed by atoms with Gasteiger partial charge in [0, 0.05) is 18.4 Å². The molecule has 0 aromatic heterocycles. The molecule has 0 saturated carbocycles. The van der Waals surface area contributed by atoms with Crippen LogP contribution in [0.5, 0.6) is 0 Å². The van der Waals surface area contributed by atoms with E-state index in [4.69, 9.17) is 11.7 Å². The van der Waals surface area contributed by atoms with Gasteiger partial charge in [-0.15, -0.1) is 0 Å². The summed E-state index contributed by atoms with van der Waals surface area (Å²) in [6.07, 6.45) is 2.87. The maximum Gasteiger partial charge on any atom is 0.274 e. The molecule has 0 rings (SSSR count). The molecule has 0 spiro atoms. The number of ketones is 1. The van der Waals surface area contributed by atoms with Crippen LogP contribution >= 0.6 is 0 Å². The Morgan fingerprint density at radius 2 is 1.92 bits per heavy atom. The molecule has 0 heterocycles. The number of nitrogens with two attached hydrogens (primary N) is 2. The van der Waals surface area contributed by atoms with E-state index >= 15 is 0 Å². The highest BCUT2D eigenvalue weighted by Crippen LogP contribution is 1.99. The van der Waals surface area contributed by atoms with Gasteiger partial charge in [0.05, 0.1) is 0 Å². The lowest BCUT2D eigenvalue weighted by molar-refractivity contribution is -0.126. The number of Topliss-reactive ketones (excluding diaryl/α,β-unsaturated/α-hetero) is 1. The average Bonchev–Trinajstić information content (AvgIpc) is 2.03. The van der Waals surface area contributed by atoms with Crippen molar-refractivity contribution in [2.75, 3.05) is 0 Å². The van der Waals surface area contributed by atoms with Crippen LogP contribution in [0.25, 0.3) is 0 Å². The summed E-state index contributed by atoms with van der Waals surface area (Å²) >= 11 is 0. The molecule has 0 aromatic rings. The second kappa shape index (κ2) is 5.45. The summed E-state index contributed by atoms with van der Waals surface area (Å²) in [7, 11) is 0. The summed E-state index contributed by atoms with van der Waals surface area (Å²) in [5.74, 6) is 9.40. The van der Waals surface area contributed by atoms with Crippen LogP contribution in [0.2, 0.25) is 0 Å². The molecule has 0 aliphatic carbocycles. The maximum atomic E-state index is 11.1. The third kappa shape index (κ3) is 5.10. The molecular formula is C8H15N3O2. The number of carbonyl (C=O) groups is 2. The topological polar surface area (TPSA) is 89.4 Å². The van der Waals surface area contributed by atoms with Gasteiger partial charge in [-0.05, 0) is 0 Å². The number of hydrogen-bond donors (Lipinski definition) is 2. The quantitative estimate of drug-likeness (QED) is 0.273. The smallest absolute Gasteiger partial charge is 0.274 e. The van der Waals surface area contributed by atoms with Gasteiger partial charge >= 0.3 is 0 Å². The Balaban J connectivity index is 3.89. The van der Waals surface area contributed by atoms with E-state index in [1.807, 2.05) is 0 Å². The van der Waals surface area contributed by atoms with Gasteiger partial charge in [-0.1, -0.05) is 19.9 Å². The van der Waals surface area contributed by atoms with E-state index in [9.17, 15) is 9.59 Å². The van der Waals surface area contributed by atoms with Gasteiger partial charge < -0.3 is 0 Å². The zero-order valence-electron chi connectivity index (χ0n) is 7.86. The van der Waals surface area contributed by atoms with Crippen molar-refractivity contribution in [1.29, 1.82) is 0 Å². The summed E-state index contributed by atoms with van der Waals surface area (Å²) in [5.41, 5.74) is 0. The van der Waals surface area contributed by atoms with Crippen molar-refractivity contribution in [1.82, 2.24) is 5.12 Å². The summed E-state index contributed by atoms with van der Waals surface area (Å²) in [6, 6.07) is 0. The van der Waals surface area contributed by atoms with Crippen LogP contribution in [0.4, 0.5) is 0 Å². The Hall–Kier alpha value is -1.20. The third-order valence-electron chi connectivity index (χ3n) is 1.48. The summed E-state index contributed by atoms with van der Waals surface area (Å²) < 4.78 is 0. The molecule has 4 N–H and O–H groups in total. The Morgan fingerprint density at radius 3 is 2.31 bits per heavy atom. The van der Waals surface area contributed by atoms with Crippen LogP contribution in [0.3, 0.4) is 0 Å². The monoisotopic (exact) mass is 185 g/mol. The molecule has 0 radical (unpaired) electrons. The molecule has 74 valence electrons. The van der Waals surface area contributed by atoms with Crippen molar-refractivity contribution in [2.24, 2.45) is 17.6 Å². The van der Waals surface area contributed by atoms with Crippen LogP contribution < -0.4 is 11.7 Å². The number of allylic oxidation sites excluding steroid dienone is 1. The van der Waals surface area contributed by atoms with Gasteiger partial charge in [-0.2, -0.15) is 0 Å². The zero-order chi connectivity index (χ0) is 10.4. The van der Waals surface area contributed by atoms with E-state index < -0.39 is 5.91 Å². The first-order valence-electron chi connectivity index (χ1n) is 3.98. The Labute approximate surface area is 77.3 Å². The number of rotatable bonds is 4. The molecule has 0 aliphatic rings. The number of carbonyl (C=O) groups excluding carboxylic acids is 2. The van der Waals surface area contributed by atoms with E-state index in [-0.39, 0.29) is 18.1 Å². The van der Waals surface area contributed by atoms with Crippen molar-refractivity contribution in [3.05, 3.63) is 12.2 Å². The first-order chi connectivity index (χ1) is 5.95. The second-order valence-corrected chi connectivity index (χ2v) is 2.97. The first-order valence-corrected chi connectivity index (χ1v) is 3.98. The van der Waals surface area contributed by atoms with E-state index in [2.05, 4.69) is 0 Å². The van der Waals surface area contributed by atoms with Crippen molar-refractivity contribution < 1.29 is 9.59 Å². The molecule has 0 bridgehead atoms. The van der Waals surface area contributed by atoms with Gasteiger partial charge in [-0.25, -0.2) is 16.8 Å². The lowest BCUT2D eigenvalue weighted by Crippen LogP contribution is -2.42. The number of amides is 1. The summed E-state index contributed by atoms with van der Waals surface area (Å²) in [4.78, 5) is 21.8. The second-order valence-electron chi connectivity index (χ2n) is 2.97. The molecule has 0 aromatic carbocycles. The molecule has 0 fully saturated rings. The number of hydrogen-bond acceptors (Lipinski definition) is 4.